The van der Waals surface area contributed by atoms with Crippen LogP contribution in [0.3, 0.4) is 0 Å². The number of anilines is 1. The van der Waals surface area contributed by atoms with Gasteiger partial charge in [0.05, 0.1) is 46.7 Å². The van der Waals surface area contributed by atoms with Crippen molar-refractivity contribution < 1.29 is 67.0 Å². The number of hydrogen-bond acceptors (Lipinski definition) is 13. The summed E-state index contributed by atoms with van der Waals surface area (Å²) in [4.78, 5) is 77.8. The van der Waals surface area contributed by atoms with Gasteiger partial charge in [-0.1, -0.05) is 12.1 Å². The number of aliphatic carboxylic acids is 1. The van der Waals surface area contributed by atoms with E-state index in [4.69, 9.17) is 33.2 Å². The summed E-state index contributed by atoms with van der Waals surface area (Å²) in [5.41, 5.74) is 4.32. The van der Waals surface area contributed by atoms with Crippen LogP contribution in [0.2, 0.25) is 0 Å². The Morgan fingerprint density at radius 1 is 0.537 bits per heavy atom. The molecule has 0 aromatic heterocycles. The Bertz CT molecular complexity index is 2010. The first-order chi connectivity index (χ1) is 25.9. The fraction of sp³-hybridized carbons (Fsp3) is 0.189. The van der Waals surface area contributed by atoms with E-state index in [1.54, 1.807) is 0 Å². The summed E-state index contributed by atoms with van der Waals surface area (Å²) in [7, 11) is 6.94. The number of carbonyl (C=O) groups is 6. The third-order valence-electron chi connectivity index (χ3n) is 7.49. The number of esters is 2. The molecule has 17 heteroatoms. The molecule has 4 aromatic carbocycles. The zero-order valence-electron chi connectivity index (χ0n) is 29.5. The smallest absolute Gasteiger partial charge is 0.349 e. The van der Waals surface area contributed by atoms with Gasteiger partial charge >= 0.3 is 17.9 Å². The minimum absolute atomic E-state index is 0.00903. The molecule has 0 aliphatic rings. The van der Waals surface area contributed by atoms with Crippen molar-refractivity contribution in [2.45, 2.75) is 12.2 Å². The second-order valence-electron chi connectivity index (χ2n) is 10.8. The van der Waals surface area contributed by atoms with Crippen LogP contribution in [0.4, 0.5) is 5.69 Å². The molecule has 54 heavy (non-hydrogen) atoms. The molecule has 2 atom stereocenters. The number of nitrogens with one attached hydrogen (secondary N) is 3. The second-order valence-corrected chi connectivity index (χ2v) is 10.8. The SMILES string of the molecule is COc1cccc(C(=O)O[C@H](C(=O)O)[C@@H](OC(=O)c2cccc(OC)c2)C(=O)NNC(=O)c2ccc(NC(=O)c3cc(OC)c(OC)c(OC)c3)cc2)c1. The standard InChI is InChI=1S/C37H35N3O14/c1-48-25-10-6-8-21(16-25)36(46)53-30(31(35(44)45)54-37(47)22-9-7-11-26(17-22)49-2)34(43)40-39-33(42)20-12-14-24(15-13-20)38-32(41)23-18-27(50-3)29(52-5)28(19-23)51-4/h6-19,30-31H,1-5H3,(H,38,41)(H,39,42)(H,40,43)(H,44,45)/t30-,31+/m1/s1. The number of hydrazine groups is 1. The van der Waals surface area contributed by atoms with Crippen molar-refractivity contribution in [3.8, 4) is 28.7 Å². The normalized spacial score (nSPS) is 11.4. The van der Waals surface area contributed by atoms with Gasteiger partial charge in [0.2, 0.25) is 18.0 Å². The van der Waals surface area contributed by atoms with Gasteiger partial charge in [0.1, 0.15) is 11.5 Å². The molecule has 4 rings (SSSR count). The van der Waals surface area contributed by atoms with E-state index in [0.717, 1.165) is 0 Å². The molecule has 0 fully saturated rings. The minimum atomic E-state index is -2.39. The van der Waals surface area contributed by atoms with Crippen LogP contribution in [0, 0.1) is 0 Å². The van der Waals surface area contributed by atoms with Gasteiger partial charge in [-0.2, -0.15) is 0 Å². The number of carboxylic acids is 1. The lowest BCUT2D eigenvalue weighted by Crippen LogP contribution is -2.54. The summed E-state index contributed by atoms with van der Waals surface area (Å²) in [6.07, 6.45) is -4.70. The molecule has 0 spiro atoms. The van der Waals surface area contributed by atoms with E-state index in [1.807, 2.05) is 5.43 Å². The Morgan fingerprint density at radius 2 is 1.06 bits per heavy atom. The zero-order chi connectivity index (χ0) is 39.4. The maximum absolute atomic E-state index is 13.4. The Balaban J connectivity index is 1.50. The van der Waals surface area contributed by atoms with E-state index in [0.29, 0.717) is 11.4 Å². The van der Waals surface area contributed by atoms with Gasteiger partial charge in [0.15, 0.2) is 11.5 Å². The van der Waals surface area contributed by atoms with Crippen LogP contribution >= 0.6 is 0 Å². The molecular formula is C37H35N3O14. The van der Waals surface area contributed by atoms with E-state index in [9.17, 15) is 33.9 Å². The Morgan fingerprint density at radius 3 is 1.52 bits per heavy atom. The van der Waals surface area contributed by atoms with Gasteiger partial charge < -0.3 is 43.6 Å². The molecule has 0 unspecified atom stereocenters. The van der Waals surface area contributed by atoms with Gasteiger partial charge in [-0.15, -0.1) is 0 Å². The monoisotopic (exact) mass is 745 g/mol. The zero-order valence-corrected chi connectivity index (χ0v) is 29.5. The van der Waals surface area contributed by atoms with Crippen molar-refractivity contribution in [3.05, 3.63) is 107 Å². The first-order valence-electron chi connectivity index (χ1n) is 15.7. The quantitative estimate of drug-likeness (QED) is 0.101. The van der Waals surface area contributed by atoms with Crippen LogP contribution < -0.4 is 39.9 Å². The molecule has 3 amide bonds. The van der Waals surface area contributed by atoms with Crippen LogP contribution in [0.25, 0.3) is 0 Å². The van der Waals surface area contributed by atoms with Crippen LogP contribution in [-0.4, -0.2) is 88.5 Å². The van der Waals surface area contributed by atoms with Crippen LogP contribution in [0.15, 0.2) is 84.9 Å². The number of hydrogen-bond donors (Lipinski definition) is 4. The second kappa shape index (κ2) is 18.3. The number of carboxylic acid groups (broad SMARTS) is 1. The van der Waals surface area contributed by atoms with Crippen LogP contribution in [0.1, 0.15) is 41.4 Å². The van der Waals surface area contributed by atoms with Gasteiger partial charge in [0, 0.05) is 16.8 Å². The predicted octanol–water partition coefficient (Wildman–Crippen LogP) is 3.28. The number of amides is 3. The maximum atomic E-state index is 13.4. The van der Waals surface area contributed by atoms with E-state index >= 15 is 0 Å². The summed E-state index contributed by atoms with van der Waals surface area (Å²) in [6.45, 7) is 0. The number of ether oxygens (including phenoxy) is 7. The summed E-state index contributed by atoms with van der Waals surface area (Å²) in [5.74, 6) is -5.65. The Labute approximate surface area is 308 Å². The highest BCUT2D eigenvalue weighted by atomic mass is 16.6. The molecule has 0 aliphatic heterocycles. The van der Waals surface area contributed by atoms with E-state index in [1.165, 1.54) is 120 Å². The molecule has 0 saturated carbocycles. The highest BCUT2D eigenvalue weighted by molar-refractivity contribution is 6.05. The largest absolute Gasteiger partial charge is 0.497 e. The Hall–Kier alpha value is -7.30. The van der Waals surface area contributed by atoms with Gasteiger partial charge in [-0.25, -0.2) is 14.4 Å². The van der Waals surface area contributed by atoms with Crippen molar-refractivity contribution in [1.29, 1.82) is 0 Å². The fourth-order valence-corrected chi connectivity index (χ4v) is 4.74. The van der Waals surface area contributed by atoms with Gasteiger partial charge in [-0.05, 0) is 72.8 Å². The molecule has 282 valence electrons. The third kappa shape index (κ3) is 9.72. The lowest BCUT2D eigenvalue weighted by molar-refractivity contribution is -0.159. The van der Waals surface area contributed by atoms with Crippen molar-refractivity contribution in [2.24, 2.45) is 0 Å². The average molecular weight is 746 g/mol. The number of rotatable bonds is 15. The van der Waals surface area contributed by atoms with Crippen molar-refractivity contribution >= 4 is 41.3 Å². The van der Waals surface area contributed by atoms with Crippen molar-refractivity contribution in [2.75, 3.05) is 40.9 Å². The summed E-state index contributed by atoms with van der Waals surface area (Å²) >= 11 is 0. The third-order valence-corrected chi connectivity index (χ3v) is 7.49. The molecule has 4 N–H and O–H groups in total. The maximum Gasteiger partial charge on any atom is 0.349 e. The summed E-state index contributed by atoms with van der Waals surface area (Å²) in [5, 5.41) is 12.7. The molecule has 0 aliphatic carbocycles. The highest BCUT2D eigenvalue weighted by Crippen LogP contribution is 2.38. The fourth-order valence-electron chi connectivity index (χ4n) is 4.74. The van der Waals surface area contributed by atoms with Crippen LogP contribution in [-0.2, 0) is 19.1 Å². The molecule has 0 bridgehead atoms. The number of benzene rings is 4. The Kier molecular flexibility index (Phi) is 13.4. The lowest BCUT2D eigenvalue weighted by Gasteiger charge is -2.23. The molecule has 17 nitrogen and oxygen atoms in total. The van der Waals surface area contributed by atoms with E-state index in [-0.39, 0.29) is 45.3 Å². The summed E-state index contributed by atoms with van der Waals surface area (Å²) < 4.78 is 36.4. The van der Waals surface area contributed by atoms with Gasteiger partial charge in [0.25, 0.3) is 17.7 Å². The summed E-state index contributed by atoms with van der Waals surface area (Å²) in [6, 6.07) is 19.5. The first kappa shape index (κ1) is 39.5. The molecular weight excluding hydrogens is 710 g/mol. The average Bonchev–Trinajstić information content (AvgIpc) is 3.20. The molecule has 0 radical (unpaired) electrons. The predicted molar refractivity (Wildman–Crippen MR) is 188 cm³/mol. The highest BCUT2D eigenvalue weighted by Gasteiger charge is 2.41. The molecule has 0 heterocycles. The van der Waals surface area contributed by atoms with Crippen LogP contribution in [0.5, 0.6) is 28.7 Å². The van der Waals surface area contributed by atoms with Crippen molar-refractivity contribution in [1.82, 2.24) is 10.9 Å². The van der Waals surface area contributed by atoms with E-state index < -0.39 is 47.8 Å². The first-order valence-corrected chi connectivity index (χ1v) is 15.7. The molecule has 0 saturated heterocycles. The minimum Gasteiger partial charge on any atom is -0.497 e. The topological polar surface area (TPSA) is 223 Å². The number of carbonyl (C=O) groups excluding carboxylic acids is 5. The van der Waals surface area contributed by atoms with Crippen molar-refractivity contribution in [3.63, 3.8) is 0 Å². The van der Waals surface area contributed by atoms with Gasteiger partial charge in [-0.3, -0.25) is 25.2 Å². The molecule has 4 aromatic rings. The lowest BCUT2D eigenvalue weighted by atomic mass is 10.1. The van der Waals surface area contributed by atoms with E-state index in [2.05, 4.69) is 10.7 Å². The number of methoxy groups -OCH3 is 5.